The number of rotatable bonds is 7. The van der Waals surface area contributed by atoms with Gasteiger partial charge in [0.2, 0.25) is 11.1 Å². The Labute approximate surface area is 187 Å². The van der Waals surface area contributed by atoms with Gasteiger partial charge in [-0.25, -0.2) is 4.98 Å². The number of anilines is 1. The van der Waals surface area contributed by atoms with Gasteiger partial charge in [0.1, 0.15) is 17.4 Å². The highest BCUT2D eigenvalue weighted by Gasteiger charge is 2.15. The zero-order chi connectivity index (χ0) is 23.1. The lowest BCUT2D eigenvalue weighted by molar-refractivity contribution is -0.112. The van der Waals surface area contributed by atoms with Crippen molar-refractivity contribution in [2.75, 3.05) is 19.5 Å². The molecule has 1 heterocycles. The number of ether oxygens (including phenoxy) is 3. The third-order valence-electron chi connectivity index (χ3n) is 4.11. The monoisotopic (exact) mass is 454 g/mol. The van der Waals surface area contributed by atoms with Crippen LogP contribution < -0.4 is 19.5 Å². The van der Waals surface area contributed by atoms with E-state index in [2.05, 4.69) is 15.3 Å². The van der Waals surface area contributed by atoms with E-state index >= 15 is 0 Å². The maximum atomic E-state index is 14.0. The third-order valence-corrected chi connectivity index (χ3v) is 4.29. The van der Waals surface area contributed by atoms with E-state index in [1.54, 1.807) is 30.3 Å². The molecule has 2 aromatic carbocycles. The third kappa shape index (κ3) is 5.30. The number of aromatic nitrogens is 2. The molecule has 1 N–H and O–H groups in total. The van der Waals surface area contributed by atoms with E-state index in [1.165, 1.54) is 32.4 Å². The Morgan fingerprint density at radius 3 is 2.62 bits per heavy atom. The van der Waals surface area contributed by atoms with E-state index < -0.39 is 17.6 Å². The maximum Gasteiger partial charge on any atom is 0.266 e. The Balaban J connectivity index is 1.90. The van der Waals surface area contributed by atoms with Crippen molar-refractivity contribution >= 4 is 29.3 Å². The molecule has 0 aliphatic carbocycles. The molecule has 0 atom stereocenters. The average Bonchev–Trinajstić information content (AvgIpc) is 2.80. The number of amides is 1. The lowest BCUT2D eigenvalue weighted by Crippen LogP contribution is -2.14. The zero-order valence-electron chi connectivity index (χ0n) is 16.9. The van der Waals surface area contributed by atoms with Gasteiger partial charge in [0.15, 0.2) is 11.5 Å². The highest BCUT2D eigenvalue weighted by Crippen LogP contribution is 2.33. The Kier molecular flexibility index (Phi) is 7.21. The molecule has 1 amide bonds. The Morgan fingerprint density at radius 1 is 1.16 bits per heavy atom. The number of hydrogen-bond donors (Lipinski definition) is 1. The van der Waals surface area contributed by atoms with E-state index in [0.29, 0.717) is 17.0 Å². The van der Waals surface area contributed by atoms with E-state index in [9.17, 15) is 14.4 Å². The highest BCUT2D eigenvalue weighted by molar-refractivity contribution is 6.28. The number of benzene rings is 2. The molecule has 10 heteroatoms. The normalized spacial score (nSPS) is 10.8. The van der Waals surface area contributed by atoms with Crippen LogP contribution in [0.2, 0.25) is 5.28 Å². The second kappa shape index (κ2) is 10.2. The molecule has 162 valence electrons. The fourth-order valence-corrected chi connectivity index (χ4v) is 2.75. The highest BCUT2D eigenvalue weighted by atomic mass is 35.5. The van der Waals surface area contributed by atoms with Crippen LogP contribution >= 0.6 is 11.6 Å². The second-order valence-corrected chi connectivity index (χ2v) is 6.47. The zero-order valence-corrected chi connectivity index (χ0v) is 17.7. The van der Waals surface area contributed by atoms with Crippen LogP contribution in [-0.4, -0.2) is 30.1 Å². The standard InChI is InChI=1S/C22H16ClFN4O4/c1-30-17-6-4-3-5-16(17)27-20(29)14(11-25)9-13-7-8-18(31-2)19(10-13)32-21-15(24)12-26-22(23)28-21/h3-10,12H,1-2H3,(H,27,29)/b14-9+. The summed E-state index contributed by atoms with van der Waals surface area (Å²) in [5.41, 5.74) is 0.660. The predicted octanol–water partition coefficient (Wildman–Crippen LogP) is 4.62. The van der Waals surface area contributed by atoms with Gasteiger partial charge in [-0.05, 0) is 47.5 Å². The van der Waals surface area contributed by atoms with Crippen LogP contribution in [0.25, 0.3) is 6.08 Å². The molecule has 0 aliphatic heterocycles. The van der Waals surface area contributed by atoms with Crippen molar-refractivity contribution in [1.82, 2.24) is 9.97 Å². The molecular formula is C22H16ClFN4O4. The summed E-state index contributed by atoms with van der Waals surface area (Å²) in [7, 11) is 2.88. The Bertz CT molecular complexity index is 1230. The number of carbonyl (C=O) groups excluding carboxylic acids is 1. The molecule has 0 spiro atoms. The summed E-state index contributed by atoms with van der Waals surface area (Å²) < 4.78 is 29.9. The summed E-state index contributed by atoms with van der Waals surface area (Å²) in [5, 5.41) is 11.9. The first-order chi connectivity index (χ1) is 15.4. The van der Waals surface area contributed by atoms with Crippen LogP contribution in [-0.2, 0) is 4.79 Å². The number of nitriles is 1. The predicted molar refractivity (Wildman–Crippen MR) is 115 cm³/mol. The second-order valence-electron chi connectivity index (χ2n) is 6.13. The van der Waals surface area contributed by atoms with Gasteiger partial charge >= 0.3 is 0 Å². The average molecular weight is 455 g/mol. The summed E-state index contributed by atoms with van der Waals surface area (Å²) in [6.07, 6.45) is 2.22. The van der Waals surface area contributed by atoms with Gasteiger partial charge in [-0.1, -0.05) is 18.2 Å². The van der Waals surface area contributed by atoms with Gasteiger partial charge in [0.05, 0.1) is 26.1 Å². The maximum absolute atomic E-state index is 14.0. The van der Waals surface area contributed by atoms with Crippen molar-refractivity contribution in [3.63, 3.8) is 0 Å². The largest absolute Gasteiger partial charge is 0.495 e. The molecule has 0 radical (unpaired) electrons. The number of methoxy groups -OCH3 is 2. The first-order valence-corrected chi connectivity index (χ1v) is 9.43. The van der Waals surface area contributed by atoms with Crippen molar-refractivity contribution in [2.24, 2.45) is 0 Å². The van der Waals surface area contributed by atoms with Gasteiger partial charge < -0.3 is 19.5 Å². The minimum absolute atomic E-state index is 0.0948. The van der Waals surface area contributed by atoms with Gasteiger partial charge in [-0.15, -0.1) is 0 Å². The molecule has 32 heavy (non-hydrogen) atoms. The summed E-state index contributed by atoms with van der Waals surface area (Å²) >= 11 is 5.70. The smallest absolute Gasteiger partial charge is 0.266 e. The molecule has 3 aromatic rings. The van der Waals surface area contributed by atoms with E-state index in [1.807, 2.05) is 6.07 Å². The first kappa shape index (κ1) is 22.5. The van der Waals surface area contributed by atoms with Crippen LogP contribution in [0.5, 0.6) is 23.1 Å². The lowest BCUT2D eigenvalue weighted by atomic mass is 10.1. The van der Waals surface area contributed by atoms with Crippen molar-refractivity contribution in [2.45, 2.75) is 0 Å². The minimum atomic E-state index is -0.828. The van der Waals surface area contributed by atoms with E-state index in [-0.39, 0.29) is 22.4 Å². The van der Waals surface area contributed by atoms with Crippen molar-refractivity contribution in [3.05, 3.63) is 70.9 Å². The number of nitrogens with zero attached hydrogens (tertiary/aromatic N) is 3. The van der Waals surface area contributed by atoms with E-state index in [4.69, 9.17) is 25.8 Å². The van der Waals surface area contributed by atoms with Gasteiger partial charge in [0, 0.05) is 0 Å². The van der Waals surface area contributed by atoms with Crippen molar-refractivity contribution in [1.29, 1.82) is 5.26 Å². The number of carbonyl (C=O) groups is 1. The SMILES string of the molecule is COc1ccccc1NC(=O)/C(C#N)=C/c1ccc(OC)c(Oc2nc(Cl)ncc2F)c1. The molecular weight excluding hydrogens is 439 g/mol. The molecule has 0 unspecified atom stereocenters. The number of hydrogen-bond acceptors (Lipinski definition) is 7. The summed E-state index contributed by atoms with van der Waals surface area (Å²) in [4.78, 5) is 19.8. The molecule has 0 saturated carbocycles. The van der Waals surface area contributed by atoms with Crippen LogP contribution in [0.15, 0.2) is 54.2 Å². The number of halogens is 2. The van der Waals surface area contributed by atoms with Gasteiger partial charge in [-0.2, -0.15) is 14.6 Å². The molecule has 0 saturated heterocycles. The van der Waals surface area contributed by atoms with Crippen molar-refractivity contribution in [3.8, 4) is 29.2 Å². The summed E-state index contributed by atoms with van der Waals surface area (Å²) in [6, 6.07) is 13.3. The molecule has 3 rings (SSSR count). The molecule has 0 bridgehead atoms. The Hall–Kier alpha value is -4.16. The Morgan fingerprint density at radius 2 is 1.91 bits per heavy atom. The van der Waals surface area contributed by atoms with Crippen molar-refractivity contribution < 1.29 is 23.4 Å². The molecule has 8 nitrogen and oxygen atoms in total. The molecule has 0 aliphatic rings. The molecule has 1 aromatic heterocycles. The summed E-state index contributed by atoms with van der Waals surface area (Å²) in [6.45, 7) is 0. The van der Waals surface area contributed by atoms with Crippen LogP contribution in [0, 0.1) is 17.1 Å². The number of para-hydroxylation sites is 2. The van der Waals surface area contributed by atoms with Crippen LogP contribution in [0.4, 0.5) is 10.1 Å². The quantitative estimate of drug-likeness (QED) is 0.315. The van der Waals surface area contributed by atoms with E-state index in [0.717, 1.165) is 6.20 Å². The minimum Gasteiger partial charge on any atom is -0.495 e. The van der Waals surface area contributed by atoms with Crippen LogP contribution in [0.1, 0.15) is 5.56 Å². The molecule has 0 fully saturated rings. The number of nitrogens with one attached hydrogen (secondary N) is 1. The van der Waals surface area contributed by atoms with Crippen LogP contribution in [0.3, 0.4) is 0 Å². The topological polar surface area (TPSA) is 106 Å². The fourth-order valence-electron chi connectivity index (χ4n) is 2.62. The fraction of sp³-hybridized carbons (Fsp3) is 0.0909. The summed E-state index contributed by atoms with van der Waals surface area (Å²) in [5.74, 6) is -1.05. The van der Waals surface area contributed by atoms with Gasteiger partial charge in [0.25, 0.3) is 11.8 Å². The van der Waals surface area contributed by atoms with Gasteiger partial charge in [-0.3, -0.25) is 4.79 Å². The first-order valence-electron chi connectivity index (χ1n) is 9.05. The lowest BCUT2D eigenvalue weighted by Gasteiger charge is -2.11.